The Morgan fingerprint density at radius 3 is 2.69 bits per heavy atom. The van der Waals surface area contributed by atoms with Crippen molar-refractivity contribution in [2.24, 2.45) is 0 Å². The van der Waals surface area contributed by atoms with Crippen LogP contribution in [0.3, 0.4) is 0 Å². The smallest absolute Gasteiger partial charge is 0.358 e. The van der Waals surface area contributed by atoms with Gasteiger partial charge in [-0.3, -0.25) is 0 Å². The van der Waals surface area contributed by atoms with Gasteiger partial charge in [-0.15, -0.1) is 0 Å². The van der Waals surface area contributed by atoms with Crippen molar-refractivity contribution >= 4 is 21.7 Å². The maximum absolute atomic E-state index is 12.4. The number of alkyl halides is 3. The second-order valence-electron chi connectivity index (χ2n) is 2.70. The minimum Gasteiger partial charge on any atom is -0.358 e. The lowest BCUT2D eigenvalue weighted by molar-refractivity contribution is -0.390. The molecule has 84 valence electrons. The van der Waals surface area contributed by atoms with Crippen LogP contribution in [0.5, 0.6) is 0 Å². The maximum Gasteiger partial charge on any atom is 0.369 e. The predicted molar refractivity (Wildman–Crippen MR) is 53.2 cm³/mol. The quantitative estimate of drug-likeness (QED) is 0.487. The number of nitro groups is 1. The Morgan fingerprint density at radius 2 is 2.31 bits per heavy atom. The molecule has 0 atom stereocenters. The molecule has 0 bridgehead atoms. The normalized spacial score (nSPS) is 10.2. The van der Waals surface area contributed by atoms with Crippen LogP contribution in [0.1, 0.15) is 23.2 Å². The number of nitriles is 1. The second kappa shape index (κ2) is 4.94. The van der Waals surface area contributed by atoms with E-state index < -0.39 is 22.9 Å². The molecule has 0 radical (unpaired) electrons. The fourth-order valence-corrected chi connectivity index (χ4v) is 1.62. The number of rotatable bonds is 3. The highest BCUT2D eigenvalue weighted by molar-refractivity contribution is 9.08. The number of hydrogen-bond donors (Lipinski definition) is 0. The summed E-state index contributed by atoms with van der Waals surface area (Å²) < 4.78 is 24.7. The summed E-state index contributed by atoms with van der Waals surface area (Å²) in [5.41, 5.74) is -0.946. The summed E-state index contributed by atoms with van der Waals surface area (Å²) in [6.07, 6.45) is -2.95. The summed E-state index contributed by atoms with van der Waals surface area (Å²) in [6, 6.07) is 2.48. The number of halogens is 3. The summed E-state index contributed by atoms with van der Waals surface area (Å²) in [5.74, 6) is -0.716. The Morgan fingerprint density at radius 1 is 1.69 bits per heavy atom. The van der Waals surface area contributed by atoms with Crippen LogP contribution in [0.4, 0.5) is 14.6 Å². The molecule has 0 amide bonds. The molecule has 0 aliphatic rings. The zero-order valence-electron chi connectivity index (χ0n) is 7.65. The molecule has 0 saturated carbocycles. The van der Waals surface area contributed by atoms with Crippen LogP contribution in [-0.2, 0) is 5.33 Å². The average molecular weight is 292 g/mol. The van der Waals surface area contributed by atoms with Gasteiger partial charge in [-0.1, -0.05) is 15.9 Å². The van der Waals surface area contributed by atoms with Gasteiger partial charge in [0.25, 0.3) is 0 Å². The first-order valence-electron chi connectivity index (χ1n) is 3.93. The van der Waals surface area contributed by atoms with Gasteiger partial charge in [0.2, 0.25) is 5.69 Å². The molecule has 8 heteroatoms. The van der Waals surface area contributed by atoms with E-state index in [1.54, 1.807) is 6.07 Å². The molecular weight excluding hydrogens is 288 g/mol. The molecule has 0 N–H and O–H groups in total. The van der Waals surface area contributed by atoms with Crippen LogP contribution < -0.4 is 0 Å². The molecule has 0 unspecified atom stereocenters. The molecule has 1 aromatic heterocycles. The van der Waals surface area contributed by atoms with Gasteiger partial charge in [-0.05, 0) is 9.91 Å². The summed E-state index contributed by atoms with van der Waals surface area (Å²) in [4.78, 5) is 12.9. The molecule has 0 aliphatic heterocycles. The molecule has 1 aromatic rings. The van der Waals surface area contributed by atoms with Gasteiger partial charge in [0.05, 0.1) is 17.2 Å². The van der Waals surface area contributed by atoms with E-state index in [9.17, 15) is 18.9 Å². The maximum atomic E-state index is 12.4. The highest BCUT2D eigenvalue weighted by Gasteiger charge is 2.25. The summed E-state index contributed by atoms with van der Waals surface area (Å²) in [7, 11) is 0. The van der Waals surface area contributed by atoms with Crippen molar-refractivity contribution in [2.75, 3.05) is 0 Å². The average Bonchev–Trinajstić information content (AvgIpc) is 2.26. The third-order valence-corrected chi connectivity index (χ3v) is 2.33. The third kappa shape index (κ3) is 2.30. The molecule has 0 aromatic carbocycles. The Labute approximate surface area is 97.0 Å². The van der Waals surface area contributed by atoms with E-state index >= 15 is 0 Å². The van der Waals surface area contributed by atoms with Crippen LogP contribution in [-0.4, -0.2) is 9.91 Å². The fourth-order valence-electron chi connectivity index (χ4n) is 1.07. The van der Waals surface area contributed by atoms with Crippen molar-refractivity contribution in [1.29, 1.82) is 5.26 Å². The van der Waals surface area contributed by atoms with Crippen molar-refractivity contribution < 1.29 is 13.7 Å². The van der Waals surface area contributed by atoms with E-state index in [4.69, 9.17) is 5.26 Å². The zero-order valence-corrected chi connectivity index (χ0v) is 9.24. The van der Waals surface area contributed by atoms with Gasteiger partial charge in [0.1, 0.15) is 0 Å². The van der Waals surface area contributed by atoms with Crippen molar-refractivity contribution in [3.63, 3.8) is 0 Å². The first-order valence-corrected chi connectivity index (χ1v) is 5.05. The number of hydrogen-bond acceptors (Lipinski definition) is 4. The van der Waals surface area contributed by atoms with E-state index in [0.29, 0.717) is 0 Å². The summed E-state index contributed by atoms with van der Waals surface area (Å²) in [6.45, 7) is 0. The summed E-state index contributed by atoms with van der Waals surface area (Å²) >= 11 is 2.95. The van der Waals surface area contributed by atoms with Gasteiger partial charge in [0, 0.05) is 11.4 Å². The van der Waals surface area contributed by atoms with E-state index in [1.807, 2.05) is 0 Å². The lowest BCUT2D eigenvalue weighted by Gasteiger charge is -2.02. The van der Waals surface area contributed by atoms with E-state index in [2.05, 4.69) is 20.9 Å². The van der Waals surface area contributed by atoms with Crippen LogP contribution in [0.15, 0.2) is 6.07 Å². The van der Waals surface area contributed by atoms with Crippen molar-refractivity contribution in [3.05, 3.63) is 33.0 Å². The first-order chi connectivity index (χ1) is 7.51. The SMILES string of the molecule is N#Cc1cc(C(F)F)nc([N+](=O)[O-])c1CBr. The van der Waals surface area contributed by atoms with E-state index in [-0.39, 0.29) is 16.5 Å². The standard InChI is InChI=1S/C8H4BrF2N3O2/c9-2-5-4(3-12)1-6(7(10)11)13-8(5)14(15)16/h1,7H,2H2. The molecule has 16 heavy (non-hydrogen) atoms. The topological polar surface area (TPSA) is 79.8 Å². The lowest BCUT2D eigenvalue weighted by atomic mass is 10.1. The van der Waals surface area contributed by atoms with Crippen molar-refractivity contribution in [1.82, 2.24) is 4.98 Å². The molecule has 1 rings (SSSR count). The summed E-state index contributed by atoms with van der Waals surface area (Å²) in [5, 5.41) is 19.3. The molecule has 0 saturated heterocycles. The van der Waals surface area contributed by atoms with Crippen LogP contribution in [0.2, 0.25) is 0 Å². The minimum absolute atomic E-state index is 0.00270. The monoisotopic (exact) mass is 291 g/mol. The van der Waals surface area contributed by atoms with Gasteiger partial charge < -0.3 is 10.1 Å². The number of pyridine rings is 1. The first kappa shape index (κ1) is 12.4. The Balaban J connectivity index is 3.51. The van der Waals surface area contributed by atoms with Crippen molar-refractivity contribution in [2.45, 2.75) is 11.8 Å². The molecular formula is C8H4BrF2N3O2. The third-order valence-electron chi connectivity index (χ3n) is 1.77. The van der Waals surface area contributed by atoms with Crippen LogP contribution in [0, 0.1) is 21.4 Å². The Bertz CT molecular complexity index is 473. The minimum atomic E-state index is -2.95. The van der Waals surface area contributed by atoms with E-state index in [1.165, 1.54) is 0 Å². The fraction of sp³-hybridized carbons (Fsp3) is 0.250. The Kier molecular flexibility index (Phi) is 3.84. The second-order valence-corrected chi connectivity index (χ2v) is 3.26. The highest BCUT2D eigenvalue weighted by atomic mass is 79.9. The molecule has 0 fully saturated rings. The van der Waals surface area contributed by atoms with Crippen LogP contribution >= 0.6 is 15.9 Å². The van der Waals surface area contributed by atoms with Gasteiger partial charge >= 0.3 is 12.2 Å². The largest absolute Gasteiger partial charge is 0.369 e. The molecule has 1 heterocycles. The Hall–Kier alpha value is -1.62. The highest BCUT2D eigenvalue weighted by Crippen LogP contribution is 2.27. The van der Waals surface area contributed by atoms with Gasteiger partial charge in [-0.25, -0.2) is 8.78 Å². The van der Waals surface area contributed by atoms with E-state index in [0.717, 1.165) is 6.07 Å². The molecule has 0 spiro atoms. The van der Waals surface area contributed by atoms with Gasteiger partial charge in [0.15, 0.2) is 0 Å². The molecule has 5 nitrogen and oxygen atoms in total. The lowest BCUT2D eigenvalue weighted by Crippen LogP contribution is -2.03. The van der Waals surface area contributed by atoms with Gasteiger partial charge in [-0.2, -0.15) is 5.26 Å². The number of nitrogens with zero attached hydrogens (tertiary/aromatic N) is 3. The predicted octanol–water partition coefficient (Wildman–Crippen LogP) is 2.69. The van der Waals surface area contributed by atoms with Crippen LogP contribution in [0.25, 0.3) is 0 Å². The molecule has 0 aliphatic carbocycles. The van der Waals surface area contributed by atoms with Crippen molar-refractivity contribution in [3.8, 4) is 6.07 Å². The zero-order chi connectivity index (χ0) is 12.3. The number of aromatic nitrogens is 1.